The third-order valence-electron chi connectivity index (χ3n) is 8.96. The van der Waals surface area contributed by atoms with Crippen molar-refractivity contribution in [3.05, 3.63) is 28.3 Å². The SMILES string of the molecule is C[C@H]1CC[C@H]2C(C)(C)C(=O)[C@H](Br)C[C@]23Oc2c(cc(C(=O)O)c4c2CNC4=O)C[C@]13C. The highest BCUT2D eigenvalue weighted by molar-refractivity contribution is 9.10. The molecular formula is C24H28BrNO5. The summed E-state index contributed by atoms with van der Waals surface area (Å²) >= 11 is 3.66. The zero-order valence-electron chi connectivity index (χ0n) is 18.3. The number of carboxylic acids is 1. The zero-order chi connectivity index (χ0) is 22.5. The predicted molar refractivity (Wildman–Crippen MR) is 118 cm³/mol. The Balaban J connectivity index is 1.76. The molecular weight excluding hydrogens is 462 g/mol. The molecule has 5 atom stereocenters. The molecule has 166 valence electrons. The fraction of sp³-hybridized carbons (Fsp3) is 0.625. The minimum Gasteiger partial charge on any atom is -0.486 e. The standard InChI is InChI=1S/C24H28BrNO5/c1-11-5-6-16-22(2,3)19(27)15(25)9-24(16)23(11,4)8-12-7-13(21(29)30)17-14(18(12)31-24)10-26-20(17)28/h7,11,15-16H,5-6,8-10H2,1-4H3,(H,26,28)(H,29,30)/t11-,15+,16-,23+,24-/m0/s1. The van der Waals surface area contributed by atoms with E-state index in [9.17, 15) is 19.5 Å². The lowest BCUT2D eigenvalue weighted by Gasteiger charge is -2.66. The second-order valence-electron chi connectivity index (χ2n) is 10.6. The number of rotatable bonds is 1. The number of alkyl halides is 1. The maximum Gasteiger partial charge on any atom is 0.336 e. The van der Waals surface area contributed by atoms with Crippen molar-refractivity contribution in [2.45, 2.75) is 70.4 Å². The molecule has 2 aliphatic heterocycles. The summed E-state index contributed by atoms with van der Waals surface area (Å²) in [5.41, 5.74) is 0.407. The smallest absolute Gasteiger partial charge is 0.336 e. The van der Waals surface area contributed by atoms with E-state index in [1.807, 2.05) is 13.8 Å². The second-order valence-corrected chi connectivity index (χ2v) is 11.7. The first kappa shape index (κ1) is 21.0. The Morgan fingerprint density at radius 2 is 1.97 bits per heavy atom. The monoisotopic (exact) mass is 489 g/mol. The number of carbonyl (C=O) groups is 3. The summed E-state index contributed by atoms with van der Waals surface area (Å²) in [7, 11) is 0. The molecule has 0 radical (unpaired) electrons. The minimum atomic E-state index is -1.10. The van der Waals surface area contributed by atoms with Crippen LogP contribution in [0.3, 0.4) is 0 Å². The molecule has 1 aromatic rings. The van der Waals surface area contributed by atoms with E-state index in [1.165, 1.54) is 0 Å². The number of nitrogens with one attached hydrogen (secondary N) is 1. The van der Waals surface area contributed by atoms with Gasteiger partial charge in [0, 0.05) is 35.3 Å². The molecule has 5 rings (SSSR count). The van der Waals surface area contributed by atoms with Gasteiger partial charge in [0.15, 0.2) is 5.78 Å². The van der Waals surface area contributed by atoms with Crippen LogP contribution in [-0.4, -0.2) is 33.2 Å². The number of benzene rings is 1. The molecule has 0 unspecified atom stereocenters. The Bertz CT molecular complexity index is 1050. The van der Waals surface area contributed by atoms with Crippen molar-refractivity contribution in [2.75, 3.05) is 0 Å². The Hall–Kier alpha value is -1.89. The van der Waals surface area contributed by atoms with E-state index < -0.39 is 17.0 Å². The highest BCUT2D eigenvalue weighted by Crippen LogP contribution is 2.66. The first-order valence-corrected chi connectivity index (χ1v) is 11.9. The van der Waals surface area contributed by atoms with Crippen molar-refractivity contribution in [3.8, 4) is 5.75 Å². The highest BCUT2D eigenvalue weighted by Gasteiger charge is 2.69. The van der Waals surface area contributed by atoms with Crippen molar-refractivity contribution in [2.24, 2.45) is 22.7 Å². The molecule has 4 aliphatic rings. The highest BCUT2D eigenvalue weighted by atomic mass is 79.9. The van der Waals surface area contributed by atoms with Crippen LogP contribution in [0.5, 0.6) is 5.75 Å². The van der Waals surface area contributed by atoms with Gasteiger partial charge < -0.3 is 15.2 Å². The Morgan fingerprint density at radius 3 is 2.65 bits per heavy atom. The van der Waals surface area contributed by atoms with Crippen molar-refractivity contribution < 1.29 is 24.2 Å². The molecule has 2 saturated carbocycles. The topological polar surface area (TPSA) is 92.7 Å². The minimum absolute atomic E-state index is 0.0458. The Morgan fingerprint density at radius 1 is 1.26 bits per heavy atom. The van der Waals surface area contributed by atoms with Gasteiger partial charge in [0.05, 0.1) is 16.0 Å². The number of hydrogen-bond donors (Lipinski definition) is 2. The average Bonchev–Trinajstić information content (AvgIpc) is 3.07. The van der Waals surface area contributed by atoms with Crippen LogP contribution in [0.4, 0.5) is 0 Å². The number of Topliss-reactive ketones (excluding diaryl/α,β-unsaturated/α-hetero) is 1. The molecule has 1 spiro atoms. The second kappa shape index (κ2) is 6.33. The van der Waals surface area contributed by atoms with Gasteiger partial charge in [0.1, 0.15) is 11.4 Å². The van der Waals surface area contributed by atoms with Gasteiger partial charge in [-0.15, -0.1) is 0 Å². The lowest BCUT2D eigenvalue weighted by atomic mass is 9.44. The number of hydrogen-bond acceptors (Lipinski definition) is 4. The number of halogens is 1. The van der Waals surface area contributed by atoms with Crippen molar-refractivity contribution in [1.82, 2.24) is 5.32 Å². The summed E-state index contributed by atoms with van der Waals surface area (Å²) in [6.07, 6.45) is 3.17. The zero-order valence-corrected chi connectivity index (χ0v) is 19.9. The van der Waals surface area contributed by atoms with E-state index >= 15 is 0 Å². The van der Waals surface area contributed by atoms with Gasteiger partial charge in [-0.2, -0.15) is 0 Å². The molecule has 2 N–H and O–H groups in total. The maximum atomic E-state index is 13.1. The molecule has 0 bridgehead atoms. The van der Waals surface area contributed by atoms with Crippen LogP contribution in [0, 0.1) is 22.7 Å². The third kappa shape index (κ3) is 2.47. The Labute approximate surface area is 190 Å². The van der Waals surface area contributed by atoms with E-state index in [2.05, 4.69) is 35.1 Å². The molecule has 2 heterocycles. The van der Waals surface area contributed by atoms with E-state index in [1.54, 1.807) is 6.07 Å². The molecule has 2 aliphatic carbocycles. The number of amides is 1. The third-order valence-corrected chi connectivity index (χ3v) is 9.70. The number of ether oxygens (including phenoxy) is 1. The molecule has 0 saturated heterocycles. The average molecular weight is 490 g/mol. The van der Waals surface area contributed by atoms with E-state index in [0.717, 1.165) is 18.4 Å². The summed E-state index contributed by atoms with van der Waals surface area (Å²) in [5.74, 6) is -0.188. The molecule has 2 fully saturated rings. The fourth-order valence-electron chi connectivity index (χ4n) is 7.06. The van der Waals surface area contributed by atoms with Gasteiger partial charge in [-0.3, -0.25) is 9.59 Å². The van der Waals surface area contributed by atoms with E-state index in [4.69, 9.17) is 4.74 Å². The summed E-state index contributed by atoms with van der Waals surface area (Å²) < 4.78 is 7.01. The number of carboxylic acid groups (broad SMARTS) is 1. The van der Waals surface area contributed by atoms with Crippen LogP contribution in [0.25, 0.3) is 0 Å². The normalized spacial score (nSPS) is 37.6. The first-order chi connectivity index (χ1) is 14.4. The van der Waals surface area contributed by atoms with Crippen LogP contribution < -0.4 is 10.1 Å². The van der Waals surface area contributed by atoms with Crippen molar-refractivity contribution in [3.63, 3.8) is 0 Å². The summed E-state index contributed by atoms with van der Waals surface area (Å²) in [6.45, 7) is 8.83. The largest absolute Gasteiger partial charge is 0.486 e. The van der Waals surface area contributed by atoms with Crippen LogP contribution in [-0.2, 0) is 17.8 Å². The molecule has 7 heteroatoms. The quantitative estimate of drug-likeness (QED) is 0.578. The molecule has 1 aromatic carbocycles. The summed E-state index contributed by atoms with van der Waals surface area (Å²) in [6, 6.07) is 1.64. The summed E-state index contributed by atoms with van der Waals surface area (Å²) in [5, 5.41) is 12.5. The lowest BCUT2D eigenvalue weighted by Crippen LogP contribution is -2.71. The van der Waals surface area contributed by atoms with Crippen molar-refractivity contribution >= 4 is 33.6 Å². The molecule has 1 amide bonds. The molecule has 6 nitrogen and oxygen atoms in total. The van der Waals surface area contributed by atoms with Gasteiger partial charge >= 0.3 is 5.97 Å². The number of fused-ring (bicyclic) bond motifs is 3. The first-order valence-electron chi connectivity index (χ1n) is 11.0. The van der Waals surface area contributed by atoms with Gasteiger partial charge in [-0.25, -0.2) is 4.79 Å². The van der Waals surface area contributed by atoms with Crippen molar-refractivity contribution in [1.29, 1.82) is 0 Å². The van der Waals surface area contributed by atoms with Gasteiger partial charge in [0.25, 0.3) is 5.91 Å². The maximum absolute atomic E-state index is 13.1. The van der Waals surface area contributed by atoms with E-state index in [-0.39, 0.29) is 45.5 Å². The van der Waals surface area contributed by atoms with E-state index in [0.29, 0.717) is 30.1 Å². The number of ketones is 1. The number of carbonyl (C=O) groups excluding carboxylic acids is 2. The summed E-state index contributed by atoms with van der Waals surface area (Å²) in [4.78, 5) is 37.3. The van der Waals surface area contributed by atoms with Crippen LogP contribution in [0.15, 0.2) is 6.07 Å². The van der Waals surface area contributed by atoms with Gasteiger partial charge in [-0.05, 0) is 36.8 Å². The fourth-order valence-corrected chi connectivity index (χ4v) is 8.13. The predicted octanol–water partition coefficient (Wildman–Crippen LogP) is 4.12. The molecule has 31 heavy (non-hydrogen) atoms. The lowest BCUT2D eigenvalue weighted by molar-refractivity contribution is -0.207. The van der Waals surface area contributed by atoms with Crippen LogP contribution >= 0.6 is 15.9 Å². The van der Waals surface area contributed by atoms with Gasteiger partial charge in [-0.1, -0.05) is 43.6 Å². The van der Waals surface area contributed by atoms with Crippen LogP contribution in [0.2, 0.25) is 0 Å². The number of aromatic carboxylic acids is 1. The van der Waals surface area contributed by atoms with Gasteiger partial charge in [0.2, 0.25) is 0 Å². The Kier molecular flexibility index (Phi) is 4.29. The van der Waals surface area contributed by atoms with Crippen LogP contribution in [0.1, 0.15) is 78.8 Å². The molecule has 0 aromatic heterocycles.